The first kappa shape index (κ1) is 21.8. The first-order chi connectivity index (χ1) is 15.0. The summed E-state index contributed by atoms with van der Waals surface area (Å²) in [6.45, 7) is 0.0438. The lowest BCUT2D eigenvalue weighted by atomic mass is 10.1. The van der Waals surface area contributed by atoms with Gasteiger partial charge in [-0.3, -0.25) is 19.2 Å². The summed E-state index contributed by atoms with van der Waals surface area (Å²) in [6, 6.07) is 11.1. The Bertz CT molecular complexity index is 981. The summed E-state index contributed by atoms with van der Waals surface area (Å²) in [5.41, 5.74) is 0.738. The molecule has 0 atom stereocenters. The standard InChI is InChI=1S/C22H21NO8/c1-28-19(24)9-11-30-14-7-8-18(31-12-10-20(25)29-2)17(13-14)23-21(26)15-5-3-4-6-16(15)22(23)27/h3-8,13H,9-12H2,1-2H3. The second kappa shape index (κ2) is 9.75. The normalized spacial score (nSPS) is 12.4. The summed E-state index contributed by atoms with van der Waals surface area (Å²) in [7, 11) is 2.55. The Morgan fingerprint density at radius 1 is 0.806 bits per heavy atom. The summed E-state index contributed by atoms with van der Waals surface area (Å²) in [6.07, 6.45) is 0.0334. The Kier molecular flexibility index (Phi) is 6.86. The molecule has 9 heteroatoms. The highest BCUT2D eigenvalue weighted by molar-refractivity contribution is 6.34. The van der Waals surface area contributed by atoms with Gasteiger partial charge in [-0.1, -0.05) is 12.1 Å². The molecule has 0 aromatic heterocycles. The average molecular weight is 427 g/mol. The van der Waals surface area contributed by atoms with Crippen LogP contribution in [0.5, 0.6) is 11.5 Å². The molecule has 2 aromatic carbocycles. The van der Waals surface area contributed by atoms with Crippen LogP contribution < -0.4 is 14.4 Å². The number of rotatable bonds is 9. The lowest BCUT2D eigenvalue weighted by molar-refractivity contribution is -0.142. The molecule has 0 aliphatic carbocycles. The number of carbonyl (C=O) groups excluding carboxylic acids is 4. The first-order valence-electron chi connectivity index (χ1n) is 9.47. The zero-order valence-corrected chi connectivity index (χ0v) is 17.1. The van der Waals surface area contributed by atoms with Gasteiger partial charge in [-0.2, -0.15) is 0 Å². The number of hydrogen-bond acceptors (Lipinski definition) is 8. The van der Waals surface area contributed by atoms with Crippen molar-refractivity contribution in [1.82, 2.24) is 0 Å². The van der Waals surface area contributed by atoms with Gasteiger partial charge in [0.15, 0.2) is 0 Å². The molecule has 0 spiro atoms. The summed E-state index contributed by atoms with van der Waals surface area (Å²) < 4.78 is 20.4. The van der Waals surface area contributed by atoms with Gasteiger partial charge in [-0.05, 0) is 24.3 Å². The topological polar surface area (TPSA) is 108 Å². The van der Waals surface area contributed by atoms with Gasteiger partial charge >= 0.3 is 11.9 Å². The lowest BCUT2D eigenvalue weighted by Gasteiger charge is -2.19. The van der Waals surface area contributed by atoms with Crippen molar-refractivity contribution >= 4 is 29.4 Å². The van der Waals surface area contributed by atoms with Gasteiger partial charge in [0.2, 0.25) is 0 Å². The van der Waals surface area contributed by atoms with Crippen molar-refractivity contribution < 1.29 is 38.1 Å². The minimum absolute atomic E-state index is 0.00452. The Balaban J connectivity index is 1.88. The van der Waals surface area contributed by atoms with Crippen LogP contribution in [-0.4, -0.2) is 51.2 Å². The second-order valence-electron chi connectivity index (χ2n) is 6.47. The fourth-order valence-electron chi connectivity index (χ4n) is 2.99. The van der Waals surface area contributed by atoms with Crippen molar-refractivity contribution in [2.24, 2.45) is 0 Å². The molecule has 1 aliphatic heterocycles. The summed E-state index contributed by atoms with van der Waals surface area (Å²) >= 11 is 0. The molecule has 3 rings (SSSR count). The van der Waals surface area contributed by atoms with E-state index in [9.17, 15) is 19.2 Å². The van der Waals surface area contributed by atoms with Crippen LogP contribution in [0.2, 0.25) is 0 Å². The van der Waals surface area contributed by atoms with Gasteiger partial charge in [0.05, 0.1) is 57.1 Å². The van der Waals surface area contributed by atoms with Crippen molar-refractivity contribution in [2.75, 3.05) is 32.3 Å². The van der Waals surface area contributed by atoms with Gasteiger partial charge in [0, 0.05) is 6.07 Å². The van der Waals surface area contributed by atoms with Gasteiger partial charge in [-0.25, -0.2) is 4.90 Å². The molecule has 0 N–H and O–H groups in total. The predicted octanol–water partition coefficient (Wildman–Crippen LogP) is 2.37. The maximum atomic E-state index is 12.9. The largest absolute Gasteiger partial charge is 0.493 e. The van der Waals surface area contributed by atoms with Crippen molar-refractivity contribution in [3.63, 3.8) is 0 Å². The van der Waals surface area contributed by atoms with Crippen LogP contribution in [0, 0.1) is 0 Å². The van der Waals surface area contributed by atoms with Crippen LogP contribution in [0.1, 0.15) is 33.6 Å². The maximum absolute atomic E-state index is 12.9. The van der Waals surface area contributed by atoms with Crippen molar-refractivity contribution in [3.8, 4) is 11.5 Å². The van der Waals surface area contributed by atoms with Crippen LogP contribution in [0.15, 0.2) is 42.5 Å². The van der Waals surface area contributed by atoms with Crippen molar-refractivity contribution in [1.29, 1.82) is 0 Å². The predicted molar refractivity (Wildman–Crippen MR) is 108 cm³/mol. The minimum Gasteiger partial charge on any atom is -0.493 e. The number of ether oxygens (including phenoxy) is 4. The number of nitrogens with zero attached hydrogens (tertiary/aromatic N) is 1. The number of carbonyl (C=O) groups is 4. The summed E-state index contributed by atoms with van der Waals surface area (Å²) in [4.78, 5) is 49.5. The number of esters is 2. The van der Waals surface area contributed by atoms with Crippen LogP contribution in [0.4, 0.5) is 5.69 Å². The zero-order valence-electron chi connectivity index (χ0n) is 17.1. The molecule has 31 heavy (non-hydrogen) atoms. The number of imide groups is 1. The van der Waals surface area contributed by atoms with E-state index in [4.69, 9.17) is 9.47 Å². The van der Waals surface area contributed by atoms with E-state index < -0.39 is 23.8 Å². The van der Waals surface area contributed by atoms with Gasteiger partial charge in [-0.15, -0.1) is 0 Å². The van der Waals surface area contributed by atoms with E-state index in [1.807, 2.05) is 0 Å². The number of fused-ring (bicyclic) bond motifs is 1. The minimum atomic E-state index is -0.495. The lowest BCUT2D eigenvalue weighted by Crippen LogP contribution is -2.30. The Labute approximate surface area is 178 Å². The van der Waals surface area contributed by atoms with E-state index >= 15 is 0 Å². The Morgan fingerprint density at radius 2 is 1.35 bits per heavy atom. The summed E-state index contributed by atoms with van der Waals surface area (Å²) in [5, 5.41) is 0. The molecule has 0 saturated carbocycles. The van der Waals surface area contributed by atoms with E-state index in [1.54, 1.807) is 30.3 Å². The molecule has 2 amide bonds. The molecule has 1 aliphatic rings. The van der Waals surface area contributed by atoms with Crippen molar-refractivity contribution in [3.05, 3.63) is 53.6 Å². The average Bonchev–Trinajstić information content (AvgIpc) is 3.04. The molecular formula is C22H21NO8. The SMILES string of the molecule is COC(=O)CCOc1ccc(OCCC(=O)OC)c(N2C(=O)c3ccccc3C2=O)c1. The van der Waals surface area contributed by atoms with Crippen LogP contribution >= 0.6 is 0 Å². The van der Waals surface area contributed by atoms with E-state index in [0.717, 1.165) is 4.90 Å². The number of amides is 2. The van der Waals surface area contributed by atoms with Gasteiger partial charge in [0.1, 0.15) is 11.5 Å². The van der Waals surface area contributed by atoms with Crippen LogP contribution in [0.3, 0.4) is 0 Å². The van der Waals surface area contributed by atoms with E-state index in [2.05, 4.69) is 9.47 Å². The molecule has 0 saturated heterocycles. The second-order valence-corrected chi connectivity index (χ2v) is 6.47. The van der Waals surface area contributed by atoms with Crippen LogP contribution in [-0.2, 0) is 19.1 Å². The van der Waals surface area contributed by atoms with Crippen molar-refractivity contribution in [2.45, 2.75) is 12.8 Å². The van der Waals surface area contributed by atoms with E-state index in [-0.39, 0.29) is 48.6 Å². The highest BCUT2D eigenvalue weighted by Gasteiger charge is 2.38. The third-order valence-corrected chi connectivity index (χ3v) is 4.56. The number of methoxy groups -OCH3 is 2. The van der Waals surface area contributed by atoms with Gasteiger partial charge < -0.3 is 18.9 Å². The molecular weight excluding hydrogens is 406 g/mol. The molecule has 0 bridgehead atoms. The Hall–Kier alpha value is -3.88. The molecule has 0 radical (unpaired) electrons. The molecule has 0 unspecified atom stereocenters. The number of benzene rings is 2. The molecule has 2 aromatic rings. The monoisotopic (exact) mass is 427 g/mol. The smallest absolute Gasteiger partial charge is 0.308 e. The number of anilines is 1. The molecule has 162 valence electrons. The molecule has 1 heterocycles. The third-order valence-electron chi connectivity index (χ3n) is 4.56. The summed E-state index contributed by atoms with van der Waals surface area (Å²) in [5.74, 6) is -1.32. The fraction of sp³-hybridized carbons (Fsp3) is 0.273. The fourth-order valence-corrected chi connectivity index (χ4v) is 2.99. The zero-order chi connectivity index (χ0) is 22.4. The van der Waals surface area contributed by atoms with Crippen LogP contribution in [0.25, 0.3) is 0 Å². The first-order valence-corrected chi connectivity index (χ1v) is 9.47. The van der Waals surface area contributed by atoms with Gasteiger partial charge in [0.25, 0.3) is 11.8 Å². The van der Waals surface area contributed by atoms with E-state index in [0.29, 0.717) is 5.75 Å². The molecule has 0 fully saturated rings. The quantitative estimate of drug-likeness (QED) is 0.443. The highest BCUT2D eigenvalue weighted by atomic mass is 16.5. The maximum Gasteiger partial charge on any atom is 0.308 e. The number of hydrogen-bond donors (Lipinski definition) is 0. The van der Waals surface area contributed by atoms with E-state index in [1.165, 1.54) is 26.4 Å². The highest BCUT2D eigenvalue weighted by Crippen LogP contribution is 2.37. The Morgan fingerprint density at radius 3 is 1.90 bits per heavy atom. The molecule has 9 nitrogen and oxygen atoms in total. The third kappa shape index (κ3) is 4.82.